The van der Waals surface area contributed by atoms with Crippen LogP contribution in [0.15, 0.2) is 79.0 Å². The van der Waals surface area contributed by atoms with Crippen LogP contribution in [0.25, 0.3) is 21.7 Å². The van der Waals surface area contributed by atoms with Gasteiger partial charge in [-0.15, -0.1) is 16.7 Å². The summed E-state index contributed by atoms with van der Waals surface area (Å²) in [5.41, 5.74) is 9.91. The van der Waals surface area contributed by atoms with E-state index in [4.69, 9.17) is 36.3 Å². The van der Waals surface area contributed by atoms with E-state index in [1.807, 2.05) is 18.2 Å². The van der Waals surface area contributed by atoms with E-state index in [2.05, 4.69) is 25.9 Å². The number of nitrogen functional groups attached to an aromatic ring is 1. The second-order valence-corrected chi connectivity index (χ2v) is 13.8. The van der Waals surface area contributed by atoms with Crippen LogP contribution in [0.5, 0.6) is 11.5 Å². The predicted molar refractivity (Wildman–Crippen MR) is 219 cm³/mol. The molecule has 6 N–H and O–H groups in total. The lowest BCUT2D eigenvalue weighted by Gasteiger charge is -2.18. The number of anilines is 3. The van der Waals surface area contributed by atoms with E-state index >= 15 is 0 Å². The fraction of sp³-hybridized carbons (Fsp3) is 0.293. The van der Waals surface area contributed by atoms with Crippen molar-refractivity contribution in [2.45, 2.75) is 12.5 Å². The number of carbonyl (C=O) groups is 3. The van der Waals surface area contributed by atoms with E-state index in [-0.39, 0.29) is 35.1 Å². The Labute approximate surface area is 338 Å². The van der Waals surface area contributed by atoms with Crippen molar-refractivity contribution >= 4 is 68.1 Å². The molecule has 0 aliphatic carbocycles. The summed E-state index contributed by atoms with van der Waals surface area (Å²) in [5.74, 6) is -0.173. The van der Waals surface area contributed by atoms with E-state index < -0.39 is 5.91 Å². The van der Waals surface area contributed by atoms with Gasteiger partial charge in [-0.3, -0.25) is 14.4 Å². The Hall–Kier alpha value is -6.20. The first-order chi connectivity index (χ1) is 28.2. The summed E-state index contributed by atoms with van der Waals surface area (Å²) in [6, 6.07) is 20.7. The fourth-order valence-corrected chi connectivity index (χ4v) is 7.07. The molecule has 17 heteroatoms. The molecule has 302 valence electrons. The lowest BCUT2D eigenvalue weighted by molar-refractivity contribution is 0.0133. The molecule has 0 bridgehead atoms. The number of aromatic hydroxyl groups is 1. The molecule has 0 saturated carbocycles. The maximum Gasteiger partial charge on any atom is 0.277 e. The van der Waals surface area contributed by atoms with Gasteiger partial charge in [-0.25, -0.2) is 4.68 Å². The predicted octanol–water partition coefficient (Wildman–Crippen LogP) is 4.92. The third-order valence-electron chi connectivity index (χ3n) is 9.67. The van der Waals surface area contributed by atoms with Gasteiger partial charge in [-0.05, 0) is 60.2 Å². The largest absolute Gasteiger partial charge is 0.507 e. The Kier molecular flexibility index (Phi) is 12.7. The monoisotopic (exact) mass is 810 g/mol. The molecule has 1 aliphatic rings. The van der Waals surface area contributed by atoms with Gasteiger partial charge in [0.15, 0.2) is 5.69 Å². The molecule has 4 aromatic carbocycles. The molecule has 0 unspecified atom stereocenters. The molecule has 6 aromatic rings. The van der Waals surface area contributed by atoms with Crippen molar-refractivity contribution in [2.75, 3.05) is 81.7 Å². The normalized spacial score (nSPS) is 13.6. The average molecular weight is 811 g/mol. The first-order valence-corrected chi connectivity index (χ1v) is 19.2. The highest BCUT2D eigenvalue weighted by molar-refractivity contribution is 6.19. The highest BCUT2D eigenvalue weighted by Crippen LogP contribution is 2.48. The van der Waals surface area contributed by atoms with Crippen molar-refractivity contribution < 1.29 is 38.4 Å². The van der Waals surface area contributed by atoms with Gasteiger partial charge in [0.1, 0.15) is 17.2 Å². The number of carbonyl (C=O) groups excluding carboxylic acids is 3. The summed E-state index contributed by atoms with van der Waals surface area (Å²) in [7, 11) is 1.57. The number of benzene rings is 4. The number of hydrogen-bond acceptors (Lipinski definition) is 11. The van der Waals surface area contributed by atoms with Gasteiger partial charge in [0.25, 0.3) is 17.7 Å². The molecular formula is C41H43ClN8O8. The number of nitrogens with zero attached hydrogens (tertiary/aromatic N) is 4. The molecule has 7 rings (SSSR count). The summed E-state index contributed by atoms with van der Waals surface area (Å²) in [4.78, 5) is 43.9. The molecule has 1 aliphatic heterocycles. The Morgan fingerprint density at radius 3 is 2.47 bits per heavy atom. The third-order valence-corrected chi connectivity index (χ3v) is 10.0. The number of hydrogen-bond donors (Lipinski definition) is 5. The van der Waals surface area contributed by atoms with Crippen LogP contribution in [-0.2, 0) is 20.8 Å². The van der Waals surface area contributed by atoms with Crippen LogP contribution in [-0.4, -0.2) is 109 Å². The number of ether oxygens (including phenoxy) is 4. The molecule has 1 atom stereocenters. The van der Waals surface area contributed by atoms with Crippen LogP contribution >= 0.6 is 11.6 Å². The summed E-state index contributed by atoms with van der Waals surface area (Å²) in [6.45, 7) is 3.30. The van der Waals surface area contributed by atoms with Crippen LogP contribution in [0, 0.1) is 0 Å². The quantitative estimate of drug-likeness (QED) is 0.0447. The average Bonchev–Trinajstić information content (AvgIpc) is 3.98. The minimum absolute atomic E-state index is 0.0415. The number of halogens is 1. The van der Waals surface area contributed by atoms with Gasteiger partial charge < -0.3 is 50.3 Å². The van der Waals surface area contributed by atoms with Crippen molar-refractivity contribution in [1.82, 2.24) is 25.3 Å². The summed E-state index contributed by atoms with van der Waals surface area (Å²) in [5, 5.41) is 26.7. The maximum atomic E-state index is 14.0. The molecule has 0 saturated heterocycles. The number of amides is 3. The molecule has 2 aromatic heterocycles. The number of alkyl halides is 1. The first kappa shape index (κ1) is 40.0. The second-order valence-electron chi connectivity index (χ2n) is 13.5. The summed E-state index contributed by atoms with van der Waals surface area (Å²) < 4.78 is 23.8. The van der Waals surface area contributed by atoms with Crippen LogP contribution in [0.2, 0.25) is 0 Å². The fourth-order valence-electron chi connectivity index (χ4n) is 6.82. The third kappa shape index (κ3) is 9.00. The van der Waals surface area contributed by atoms with Crippen molar-refractivity contribution in [3.8, 4) is 11.5 Å². The van der Waals surface area contributed by atoms with Gasteiger partial charge >= 0.3 is 0 Å². The minimum Gasteiger partial charge on any atom is -0.507 e. The zero-order valence-corrected chi connectivity index (χ0v) is 32.5. The number of nitrogens with two attached hydrogens (primary N) is 1. The zero-order chi connectivity index (χ0) is 40.6. The number of methoxy groups -OCH3 is 1. The van der Waals surface area contributed by atoms with E-state index in [9.17, 15) is 19.5 Å². The van der Waals surface area contributed by atoms with Gasteiger partial charge in [-0.2, -0.15) is 0 Å². The lowest BCUT2D eigenvalue weighted by Crippen LogP contribution is -2.30. The number of phenols is 1. The SMILES string of the molecule is COc1cccc2c(O)cc3c(c12)[C@H](CCl)CN3C(=O)c1cc2cc(NC(=O)c3cn(CCOCCOCCOCCNC(=O)c4ccc(N)cc4)nn3)ccc2[nH]1. The Morgan fingerprint density at radius 1 is 0.948 bits per heavy atom. The number of H-pyrrole nitrogens is 1. The Bertz CT molecular complexity index is 2420. The second kappa shape index (κ2) is 18.4. The molecule has 3 amide bonds. The Balaban J connectivity index is 0.840. The van der Waals surface area contributed by atoms with Crippen LogP contribution < -0.4 is 26.0 Å². The van der Waals surface area contributed by atoms with Gasteiger partial charge in [-0.1, -0.05) is 17.3 Å². The number of nitrogens with one attached hydrogen (secondary N) is 3. The number of fused-ring (bicyclic) bond motifs is 4. The topological polar surface area (TPSA) is 208 Å². The van der Waals surface area contributed by atoms with Gasteiger partial charge in [0.05, 0.1) is 65.2 Å². The van der Waals surface area contributed by atoms with Crippen molar-refractivity contribution in [3.63, 3.8) is 0 Å². The molecule has 0 spiro atoms. The Morgan fingerprint density at radius 2 is 1.71 bits per heavy atom. The van der Waals surface area contributed by atoms with Crippen LogP contribution in [0.1, 0.15) is 42.8 Å². The van der Waals surface area contributed by atoms with E-state index in [1.165, 1.54) is 10.9 Å². The van der Waals surface area contributed by atoms with Crippen molar-refractivity contribution in [1.29, 1.82) is 0 Å². The van der Waals surface area contributed by atoms with Crippen molar-refractivity contribution in [2.24, 2.45) is 0 Å². The van der Waals surface area contributed by atoms with E-state index in [0.29, 0.717) is 110 Å². The van der Waals surface area contributed by atoms with Crippen LogP contribution in [0.4, 0.5) is 17.1 Å². The van der Waals surface area contributed by atoms with Crippen LogP contribution in [0.3, 0.4) is 0 Å². The molecule has 58 heavy (non-hydrogen) atoms. The molecule has 3 heterocycles. The van der Waals surface area contributed by atoms with E-state index in [1.54, 1.807) is 66.6 Å². The summed E-state index contributed by atoms with van der Waals surface area (Å²) >= 11 is 6.42. The number of aromatic nitrogens is 4. The molecule has 16 nitrogen and oxygen atoms in total. The minimum atomic E-state index is -0.443. The standard InChI is InChI=1S/C41H43ClN8O8/c1-55-36-4-2-3-30-35(51)21-34-37(38(30)36)27(22-42)23-50(34)41(54)32-20-26-19-29(9-10-31(26)46-32)45-40(53)33-24-49(48-47-33)12-14-57-16-18-58-17-15-56-13-11-44-39(52)25-5-7-28(43)8-6-25/h2-10,19-21,24,27,46,51H,11-18,22-23,43H2,1H3,(H,44,52)(H,45,53)/t27-/m1/s1. The molecule has 0 fully saturated rings. The number of aromatic amines is 1. The highest BCUT2D eigenvalue weighted by atomic mass is 35.5. The lowest BCUT2D eigenvalue weighted by atomic mass is 9.94. The maximum absolute atomic E-state index is 14.0. The van der Waals surface area contributed by atoms with E-state index in [0.717, 1.165) is 10.9 Å². The summed E-state index contributed by atoms with van der Waals surface area (Å²) in [6.07, 6.45) is 1.54. The molecule has 0 radical (unpaired) electrons. The number of rotatable bonds is 18. The highest BCUT2D eigenvalue weighted by Gasteiger charge is 2.36. The zero-order valence-electron chi connectivity index (χ0n) is 31.7. The van der Waals surface area contributed by atoms with Crippen molar-refractivity contribution in [3.05, 3.63) is 102 Å². The molecular weight excluding hydrogens is 768 g/mol. The first-order valence-electron chi connectivity index (χ1n) is 18.7. The number of phenolic OH excluding ortho intramolecular Hbond substituents is 1. The van der Waals surface area contributed by atoms with Gasteiger partial charge in [0, 0.05) is 69.6 Å². The van der Waals surface area contributed by atoms with Gasteiger partial charge in [0.2, 0.25) is 0 Å². The smallest absolute Gasteiger partial charge is 0.277 e.